The molecule has 2 saturated carbocycles. The van der Waals surface area contributed by atoms with Crippen LogP contribution in [0.2, 0.25) is 0 Å². The molecule has 3 unspecified atom stereocenters. The van der Waals surface area contributed by atoms with Crippen LogP contribution >= 0.6 is 0 Å². The molecule has 1 aromatic rings. The highest BCUT2D eigenvalue weighted by molar-refractivity contribution is 5.04. The lowest BCUT2D eigenvalue weighted by Gasteiger charge is -2.31. The summed E-state index contributed by atoms with van der Waals surface area (Å²) in [5.74, 6) is 4.41. The van der Waals surface area contributed by atoms with Crippen molar-refractivity contribution in [2.24, 2.45) is 11.8 Å². The fourth-order valence-corrected chi connectivity index (χ4v) is 4.30. The maximum Gasteiger partial charge on any atom is 0.149 e. The lowest BCUT2D eigenvalue weighted by molar-refractivity contribution is 0.246. The van der Waals surface area contributed by atoms with E-state index in [1.54, 1.807) is 0 Å². The van der Waals surface area contributed by atoms with Crippen LogP contribution in [0.25, 0.3) is 0 Å². The number of hydrogen-bond donors (Lipinski definition) is 1. The van der Waals surface area contributed by atoms with E-state index in [-0.39, 0.29) is 0 Å². The number of nitrogens with zero attached hydrogens (tertiary/aromatic N) is 3. The van der Waals surface area contributed by atoms with Gasteiger partial charge in [-0.3, -0.25) is 0 Å². The van der Waals surface area contributed by atoms with Crippen molar-refractivity contribution in [2.45, 2.75) is 76.9 Å². The van der Waals surface area contributed by atoms with Gasteiger partial charge in [0.25, 0.3) is 0 Å². The average Bonchev–Trinajstić information content (AvgIpc) is 3.06. The Labute approximate surface area is 121 Å². The van der Waals surface area contributed by atoms with Gasteiger partial charge in [-0.1, -0.05) is 12.8 Å². The van der Waals surface area contributed by atoms with Crippen LogP contribution < -0.4 is 5.32 Å². The summed E-state index contributed by atoms with van der Waals surface area (Å²) in [6.45, 7) is 3.37. The highest BCUT2D eigenvalue weighted by Crippen LogP contribution is 2.44. The summed E-state index contributed by atoms with van der Waals surface area (Å²) in [5.41, 5.74) is 0. The molecule has 4 heteroatoms. The summed E-state index contributed by atoms with van der Waals surface area (Å²) < 4.78 is 2.33. The minimum absolute atomic E-state index is 0.345. The molecule has 1 N–H and O–H groups in total. The molecule has 2 aliphatic carbocycles. The van der Waals surface area contributed by atoms with E-state index in [0.717, 1.165) is 30.6 Å². The van der Waals surface area contributed by atoms with Crippen molar-refractivity contribution in [1.82, 2.24) is 20.1 Å². The molecule has 2 fully saturated rings. The molecule has 4 rings (SSSR count). The first kappa shape index (κ1) is 12.8. The van der Waals surface area contributed by atoms with Crippen molar-refractivity contribution in [2.75, 3.05) is 0 Å². The highest BCUT2D eigenvalue weighted by Gasteiger charge is 2.35. The third-order valence-corrected chi connectivity index (χ3v) is 5.51. The van der Waals surface area contributed by atoms with Crippen molar-refractivity contribution >= 4 is 0 Å². The van der Waals surface area contributed by atoms with Gasteiger partial charge in [-0.15, -0.1) is 10.2 Å². The van der Waals surface area contributed by atoms with E-state index in [2.05, 4.69) is 27.0 Å². The zero-order valence-electron chi connectivity index (χ0n) is 12.5. The van der Waals surface area contributed by atoms with Crippen molar-refractivity contribution in [3.8, 4) is 0 Å². The minimum atomic E-state index is 0.345. The number of nitrogens with one attached hydrogen (secondary N) is 1. The molecule has 2 heterocycles. The topological polar surface area (TPSA) is 42.7 Å². The molecule has 0 saturated heterocycles. The van der Waals surface area contributed by atoms with Gasteiger partial charge in [0, 0.05) is 19.0 Å². The monoisotopic (exact) mass is 274 g/mol. The van der Waals surface area contributed by atoms with Gasteiger partial charge in [0.05, 0.1) is 6.04 Å². The van der Waals surface area contributed by atoms with Crippen LogP contribution in [0.4, 0.5) is 0 Å². The van der Waals surface area contributed by atoms with Gasteiger partial charge in [-0.2, -0.15) is 0 Å². The molecule has 0 amide bonds. The zero-order valence-corrected chi connectivity index (χ0v) is 12.5. The number of aryl methyl sites for hydroxylation is 1. The molecule has 110 valence electrons. The quantitative estimate of drug-likeness (QED) is 0.918. The first-order chi connectivity index (χ1) is 9.81. The smallest absolute Gasteiger partial charge is 0.149 e. The van der Waals surface area contributed by atoms with Gasteiger partial charge >= 0.3 is 0 Å². The van der Waals surface area contributed by atoms with E-state index in [1.807, 2.05) is 0 Å². The van der Waals surface area contributed by atoms with Crippen LogP contribution in [-0.4, -0.2) is 20.8 Å². The van der Waals surface area contributed by atoms with Crippen molar-refractivity contribution in [3.63, 3.8) is 0 Å². The fourth-order valence-electron chi connectivity index (χ4n) is 4.30. The SMILES string of the molecule is CC(NC1CCCC(C2CC2)C1)c1nnc2n1CCC2. The van der Waals surface area contributed by atoms with E-state index >= 15 is 0 Å². The predicted molar refractivity (Wildman–Crippen MR) is 78.4 cm³/mol. The van der Waals surface area contributed by atoms with E-state index in [1.165, 1.54) is 50.8 Å². The summed E-state index contributed by atoms with van der Waals surface area (Å²) in [6.07, 6.45) is 10.9. The molecule has 0 bridgehead atoms. The molecule has 0 aromatic carbocycles. The van der Waals surface area contributed by atoms with Crippen LogP contribution in [0.15, 0.2) is 0 Å². The molecule has 1 aromatic heterocycles. The third-order valence-electron chi connectivity index (χ3n) is 5.51. The molecular formula is C16H26N4. The number of hydrogen-bond acceptors (Lipinski definition) is 3. The molecule has 0 spiro atoms. The molecule has 1 aliphatic heterocycles. The molecule has 20 heavy (non-hydrogen) atoms. The molecule has 4 nitrogen and oxygen atoms in total. The average molecular weight is 274 g/mol. The van der Waals surface area contributed by atoms with Crippen LogP contribution in [0.5, 0.6) is 0 Å². The Hall–Kier alpha value is -0.900. The summed E-state index contributed by atoms with van der Waals surface area (Å²) in [7, 11) is 0. The molecule has 0 radical (unpaired) electrons. The molecular weight excluding hydrogens is 248 g/mol. The Kier molecular flexibility index (Phi) is 3.29. The normalized spacial score (nSPS) is 31.2. The standard InChI is InChI=1S/C16H26N4/c1-11(16-19-18-15-6-3-9-20(15)16)17-14-5-2-4-13(10-14)12-7-8-12/h11-14,17H,2-10H2,1H3. The Balaban J connectivity index is 1.40. The van der Waals surface area contributed by atoms with Crippen molar-refractivity contribution < 1.29 is 0 Å². The summed E-state index contributed by atoms with van der Waals surface area (Å²) in [5, 5.41) is 12.6. The first-order valence-electron chi connectivity index (χ1n) is 8.49. The van der Waals surface area contributed by atoms with E-state index in [0.29, 0.717) is 12.1 Å². The van der Waals surface area contributed by atoms with E-state index in [4.69, 9.17) is 0 Å². The van der Waals surface area contributed by atoms with Crippen molar-refractivity contribution in [3.05, 3.63) is 11.6 Å². The van der Waals surface area contributed by atoms with Gasteiger partial charge in [0.2, 0.25) is 0 Å². The maximum atomic E-state index is 4.42. The highest BCUT2D eigenvalue weighted by atomic mass is 15.3. The molecule has 3 aliphatic rings. The Morgan fingerprint density at radius 3 is 2.85 bits per heavy atom. The van der Waals surface area contributed by atoms with Crippen molar-refractivity contribution in [1.29, 1.82) is 0 Å². The zero-order chi connectivity index (χ0) is 13.5. The lowest BCUT2D eigenvalue weighted by atomic mass is 9.82. The third kappa shape index (κ3) is 2.39. The Morgan fingerprint density at radius 2 is 2.00 bits per heavy atom. The fraction of sp³-hybridized carbons (Fsp3) is 0.875. The largest absolute Gasteiger partial charge is 0.314 e. The second kappa shape index (κ2) is 5.14. The number of rotatable bonds is 4. The summed E-state index contributed by atoms with van der Waals surface area (Å²) in [4.78, 5) is 0. The lowest BCUT2D eigenvalue weighted by Crippen LogP contribution is -2.37. The van der Waals surface area contributed by atoms with E-state index in [9.17, 15) is 0 Å². The van der Waals surface area contributed by atoms with Gasteiger partial charge in [-0.25, -0.2) is 0 Å². The Morgan fingerprint density at radius 1 is 1.10 bits per heavy atom. The van der Waals surface area contributed by atoms with Crippen LogP contribution in [-0.2, 0) is 13.0 Å². The van der Waals surface area contributed by atoms with E-state index < -0.39 is 0 Å². The van der Waals surface area contributed by atoms with Crippen LogP contribution in [0.3, 0.4) is 0 Å². The minimum Gasteiger partial charge on any atom is -0.314 e. The summed E-state index contributed by atoms with van der Waals surface area (Å²) in [6, 6.07) is 1.04. The number of aromatic nitrogens is 3. The van der Waals surface area contributed by atoms with Crippen LogP contribution in [0, 0.1) is 11.8 Å². The van der Waals surface area contributed by atoms with Crippen LogP contribution in [0.1, 0.15) is 69.6 Å². The van der Waals surface area contributed by atoms with Gasteiger partial charge in [0.1, 0.15) is 11.6 Å². The predicted octanol–water partition coefficient (Wildman–Crippen LogP) is 2.84. The molecule has 3 atom stereocenters. The second-order valence-electron chi connectivity index (χ2n) is 7.08. The van der Waals surface area contributed by atoms with Gasteiger partial charge in [0.15, 0.2) is 0 Å². The maximum absolute atomic E-state index is 4.42. The van der Waals surface area contributed by atoms with Gasteiger partial charge in [-0.05, 0) is 50.9 Å². The number of fused-ring (bicyclic) bond motifs is 1. The summed E-state index contributed by atoms with van der Waals surface area (Å²) >= 11 is 0. The second-order valence-corrected chi connectivity index (χ2v) is 7.08. The first-order valence-corrected chi connectivity index (χ1v) is 8.49. The van der Waals surface area contributed by atoms with Gasteiger partial charge < -0.3 is 9.88 Å². The Bertz CT molecular complexity index is 477.